The number of carbonyl (C=O) groups excluding carboxylic acids is 1. The number of nitrogens with one attached hydrogen (secondary N) is 1. The van der Waals surface area contributed by atoms with Crippen molar-refractivity contribution >= 4 is 29.0 Å². The number of anilines is 1. The number of hydrogen-bond donors (Lipinski definition) is 1. The summed E-state index contributed by atoms with van der Waals surface area (Å²) in [6, 6.07) is 18.1. The van der Waals surface area contributed by atoms with Crippen molar-refractivity contribution in [3.63, 3.8) is 0 Å². The van der Waals surface area contributed by atoms with E-state index in [2.05, 4.69) is 39.9 Å². The third-order valence-corrected chi connectivity index (χ3v) is 6.04. The lowest BCUT2D eigenvalue weighted by molar-refractivity contribution is -0.136. The molecule has 2 aromatic carbocycles. The highest BCUT2D eigenvalue weighted by molar-refractivity contribution is 6.30. The molecule has 0 fully saturated rings. The fourth-order valence-corrected chi connectivity index (χ4v) is 4.86. The van der Waals surface area contributed by atoms with E-state index in [-0.39, 0.29) is 17.6 Å². The molecule has 1 N–H and O–H groups in total. The highest BCUT2D eigenvalue weighted by Gasteiger charge is 2.28. The van der Waals surface area contributed by atoms with E-state index in [1.165, 1.54) is 7.11 Å². The number of imidazole rings is 1. The van der Waals surface area contributed by atoms with Gasteiger partial charge in [0.25, 0.3) is 0 Å². The number of fused-ring (bicyclic) bond motifs is 1. The van der Waals surface area contributed by atoms with Crippen LogP contribution in [0.2, 0.25) is 5.02 Å². The lowest BCUT2D eigenvalue weighted by Crippen LogP contribution is -2.36. The van der Waals surface area contributed by atoms with Gasteiger partial charge >= 0.3 is 5.97 Å². The molecule has 4 aromatic rings. The number of hydrogen-bond acceptors (Lipinski definition) is 6. The SMILES string of the molecule is COc1cc(-c2nc3ccccn3c2NC(C)(C)CC(C)(C)C)ccc1OC(=O)COc1ccc(Cl)cc1. The first-order valence-corrected chi connectivity index (χ1v) is 12.8. The lowest BCUT2D eigenvalue weighted by Gasteiger charge is -2.34. The number of nitrogens with zero attached hydrogens (tertiary/aromatic N) is 2. The van der Waals surface area contributed by atoms with Gasteiger partial charge in [-0.3, -0.25) is 4.40 Å². The third kappa shape index (κ3) is 6.78. The fraction of sp³-hybridized carbons (Fsp3) is 0.333. The van der Waals surface area contributed by atoms with Crippen LogP contribution in [0.5, 0.6) is 17.2 Å². The van der Waals surface area contributed by atoms with Crippen molar-refractivity contribution in [1.29, 1.82) is 0 Å². The Morgan fingerprint density at radius 3 is 2.42 bits per heavy atom. The van der Waals surface area contributed by atoms with Crippen molar-refractivity contribution in [2.75, 3.05) is 19.0 Å². The van der Waals surface area contributed by atoms with Gasteiger partial charge in [-0.05, 0) is 80.3 Å². The van der Waals surface area contributed by atoms with Crippen LogP contribution < -0.4 is 19.5 Å². The average molecular weight is 536 g/mol. The number of aromatic nitrogens is 2. The molecule has 7 nitrogen and oxygen atoms in total. The van der Waals surface area contributed by atoms with Crippen molar-refractivity contribution < 1.29 is 19.0 Å². The highest BCUT2D eigenvalue weighted by Crippen LogP contribution is 2.38. The largest absolute Gasteiger partial charge is 0.493 e. The smallest absolute Gasteiger partial charge is 0.349 e. The Kier molecular flexibility index (Phi) is 7.88. The molecule has 0 saturated heterocycles. The van der Waals surface area contributed by atoms with Crippen LogP contribution in [0.4, 0.5) is 5.82 Å². The summed E-state index contributed by atoms with van der Waals surface area (Å²) in [6.07, 6.45) is 2.95. The predicted molar refractivity (Wildman–Crippen MR) is 152 cm³/mol. The minimum atomic E-state index is -0.551. The van der Waals surface area contributed by atoms with Gasteiger partial charge in [0.1, 0.15) is 22.9 Å². The zero-order valence-corrected chi connectivity index (χ0v) is 23.4. The van der Waals surface area contributed by atoms with E-state index in [1.807, 2.05) is 40.9 Å². The minimum Gasteiger partial charge on any atom is -0.493 e. The van der Waals surface area contributed by atoms with Gasteiger partial charge in [-0.2, -0.15) is 0 Å². The molecule has 8 heteroatoms. The van der Waals surface area contributed by atoms with Gasteiger partial charge in [0.2, 0.25) is 0 Å². The Bertz CT molecular complexity index is 1420. The second-order valence-corrected chi connectivity index (χ2v) is 11.5. The molecule has 0 unspecified atom stereocenters. The van der Waals surface area contributed by atoms with E-state index >= 15 is 0 Å². The molecule has 2 heterocycles. The molecule has 0 saturated carbocycles. The summed E-state index contributed by atoms with van der Waals surface area (Å²) < 4.78 is 18.7. The van der Waals surface area contributed by atoms with E-state index in [9.17, 15) is 4.79 Å². The molecule has 0 atom stereocenters. The van der Waals surface area contributed by atoms with Crippen LogP contribution in [-0.2, 0) is 4.79 Å². The number of benzene rings is 2. The number of ether oxygens (including phenoxy) is 3. The van der Waals surface area contributed by atoms with Crippen molar-refractivity contribution in [3.8, 4) is 28.5 Å². The molecule has 0 spiro atoms. The lowest BCUT2D eigenvalue weighted by atomic mass is 9.82. The summed E-state index contributed by atoms with van der Waals surface area (Å²) in [5, 5.41) is 4.32. The van der Waals surface area contributed by atoms with Gasteiger partial charge in [-0.25, -0.2) is 9.78 Å². The maximum atomic E-state index is 12.5. The van der Waals surface area contributed by atoms with Crippen LogP contribution in [0, 0.1) is 5.41 Å². The molecule has 2 aromatic heterocycles. The van der Waals surface area contributed by atoms with Gasteiger partial charge in [0.15, 0.2) is 18.1 Å². The van der Waals surface area contributed by atoms with Crippen LogP contribution >= 0.6 is 11.6 Å². The van der Waals surface area contributed by atoms with Crippen LogP contribution in [0.15, 0.2) is 66.9 Å². The molecular weight excluding hydrogens is 502 g/mol. The molecule has 200 valence electrons. The zero-order valence-electron chi connectivity index (χ0n) is 22.7. The van der Waals surface area contributed by atoms with Crippen LogP contribution in [0.3, 0.4) is 0 Å². The molecule has 0 aliphatic carbocycles. The van der Waals surface area contributed by atoms with Gasteiger partial charge in [-0.15, -0.1) is 0 Å². The van der Waals surface area contributed by atoms with Gasteiger partial charge in [0, 0.05) is 22.3 Å². The van der Waals surface area contributed by atoms with Gasteiger partial charge in [-0.1, -0.05) is 38.4 Å². The van der Waals surface area contributed by atoms with E-state index in [1.54, 1.807) is 30.3 Å². The second-order valence-electron chi connectivity index (χ2n) is 11.1. The Morgan fingerprint density at radius 1 is 1.00 bits per heavy atom. The van der Waals surface area contributed by atoms with Gasteiger partial charge < -0.3 is 19.5 Å². The fourth-order valence-electron chi connectivity index (χ4n) is 4.73. The first-order valence-electron chi connectivity index (χ1n) is 12.5. The third-order valence-electron chi connectivity index (χ3n) is 5.79. The maximum Gasteiger partial charge on any atom is 0.349 e. The molecule has 0 radical (unpaired) electrons. The summed E-state index contributed by atoms with van der Waals surface area (Å²) in [7, 11) is 1.54. The number of rotatable bonds is 9. The van der Waals surface area contributed by atoms with Crippen LogP contribution in [0.1, 0.15) is 41.0 Å². The Labute approximate surface area is 228 Å². The van der Waals surface area contributed by atoms with E-state index in [0.29, 0.717) is 22.3 Å². The molecule has 0 bridgehead atoms. The number of carbonyl (C=O) groups is 1. The monoisotopic (exact) mass is 535 g/mol. The standard InChI is InChI=1S/C30H34ClN3O4/c1-29(2,3)19-30(4,5)33-28-27(32-25-9-7-8-16-34(25)28)20-10-15-23(24(17-20)36-6)38-26(35)18-37-22-13-11-21(31)12-14-22/h7-17,33H,18-19H2,1-6H3. The predicted octanol–water partition coefficient (Wildman–Crippen LogP) is 7.27. The summed E-state index contributed by atoms with van der Waals surface area (Å²) >= 11 is 5.89. The van der Waals surface area contributed by atoms with Crippen molar-refractivity contribution in [1.82, 2.24) is 9.38 Å². The Hall–Kier alpha value is -3.71. The zero-order chi connectivity index (χ0) is 27.5. The number of esters is 1. The normalized spacial score (nSPS) is 11.9. The van der Waals surface area contributed by atoms with Crippen molar-refractivity contribution in [2.45, 2.75) is 46.6 Å². The molecular formula is C30H34ClN3O4. The second kappa shape index (κ2) is 11.0. The minimum absolute atomic E-state index is 0.142. The Morgan fingerprint density at radius 2 is 1.74 bits per heavy atom. The molecule has 0 aliphatic rings. The number of halogens is 1. The molecule has 4 rings (SSSR count). The van der Waals surface area contributed by atoms with Crippen LogP contribution in [-0.4, -0.2) is 34.6 Å². The number of pyridine rings is 1. The summed E-state index contributed by atoms with van der Waals surface area (Å²) in [6.45, 7) is 10.8. The van der Waals surface area contributed by atoms with Crippen molar-refractivity contribution in [3.05, 3.63) is 71.9 Å². The quantitative estimate of drug-likeness (QED) is 0.179. The summed E-state index contributed by atoms with van der Waals surface area (Å²) in [5.74, 6) is 1.57. The van der Waals surface area contributed by atoms with E-state index in [4.69, 9.17) is 30.8 Å². The summed E-state index contributed by atoms with van der Waals surface area (Å²) in [5.41, 5.74) is 2.38. The molecule has 0 aliphatic heterocycles. The first-order chi connectivity index (χ1) is 17.9. The summed E-state index contributed by atoms with van der Waals surface area (Å²) in [4.78, 5) is 17.4. The first kappa shape index (κ1) is 27.3. The topological polar surface area (TPSA) is 74.1 Å². The van der Waals surface area contributed by atoms with E-state index in [0.717, 1.165) is 29.1 Å². The number of methoxy groups -OCH3 is 1. The molecule has 0 amide bonds. The highest BCUT2D eigenvalue weighted by atomic mass is 35.5. The van der Waals surface area contributed by atoms with Gasteiger partial charge in [0.05, 0.1) is 7.11 Å². The maximum absolute atomic E-state index is 12.5. The molecule has 38 heavy (non-hydrogen) atoms. The van der Waals surface area contributed by atoms with Crippen LogP contribution in [0.25, 0.3) is 16.9 Å². The average Bonchev–Trinajstić information content (AvgIpc) is 3.20. The van der Waals surface area contributed by atoms with E-state index < -0.39 is 5.97 Å². The van der Waals surface area contributed by atoms with Crippen molar-refractivity contribution in [2.24, 2.45) is 5.41 Å². The Balaban J connectivity index is 1.59.